The third-order valence-electron chi connectivity index (χ3n) is 5.30. The molecule has 0 saturated carbocycles. The van der Waals surface area contributed by atoms with Gasteiger partial charge in [-0.1, -0.05) is 37.6 Å². The summed E-state index contributed by atoms with van der Waals surface area (Å²) in [5.41, 5.74) is 0.796. The Morgan fingerprint density at radius 3 is 2.83 bits per heavy atom. The first kappa shape index (κ1) is 19.6. The predicted molar refractivity (Wildman–Crippen MR) is 110 cm³/mol. The average Bonchev–Trinajstić information content (AvgIpc) is 3.34. The molecule has 1 aliphatic rings. The largest absolute Gasteiger partial charge is 0.441 e. The van der Waals surface area contributed by atoms with Gasteiger partial charge in [-0.05, 0) is 19.1 Å². The fraction of sp³-hybridized carbons (Fsp3) is 0.429. The highest BCUT2D eigenvalue weighted by Crippen LogP contribution is 2.29. The minimum absolute atomic E-state index is 0.0651. The molecule has 1 atom stereocenters. The van der Waals surface area contributed by atoms with Crippen LogP contribution in [0.1, 0.15) is 56.7 Å². The number of aryl methyl sites for hydroxylation is 1. The van der Waals surface area contributed by atoms with Gasteiger partial charge in [0.25, 0.3) is 0 Å². The van der Waals surface area contributed by atoms with Gasteiger partial charge in [-0.2, -0.15) is 0 Å². The minimum atomic E-state index is -0.0977. The number of carbonyl (C=O) groups excluding carboxylic acids is 1. The number of amides is 1. The van der Waals surface area contributed by atoms with E-state index in [0.29, 0.717) is 42.0 Å². The van der Waals surface area contributed by atoms with E-state index in [9.17, 15) is 4.79 Å². The molecule has 3 aromatic rings. The van der Waals surface area contributed by atoms with Gasteiger partial charge < -0.3 is 13.9 Å². The van der Waals surface area contributed by atoms with Crippen molar-refractivity contribution < 1.29 is 9.21 Å². The molecule has 29 heavy (non-hydrogen) atoms. The third-order valence-corrected chi connectivity index (χ3v) is 5.63. The zero-order valence-corrected chi connectivity index (χ0v) is 17.6. The Bertz CT molecular complexity index is 1030. The predicted octanol–water partition coefficient (Wildman–Crippen LogP) is 4.25. The Hall–Kier alpha value is -2.67. The lowest BCUT2D eigenvalue weighted by Crippen LogP contribution is -2.41. The van der Waals surface area contributed by atoms with Crippen LogP contribution in [0.4, 0.5) is 0 Å². The van der Waals surface area contributed by atoms with E-state index in [1.54, 1.807) is 6.20 Å². The summed E-state index contributed by atoms with van der Waals surface area (Å²) in [5, 5.41) is 9.25. The lowest BCUT2D eigenvalue weighted by atomic mass is 10.1. The van der Waals surface area contributed by atoms with Crippen molar-refractivity contribution in [3.05, 3.63) is 53.0 Å². The third kappa shape index (κ3) is 3.79. The molecule has 0 saturated heterocycles. The van der Waals surface area contributed by atoms with Crippen LogP contribution < -0.4 is 0 Å². The Morgan fingerprint density at radius 1 is 1.28 bits per heavy atom. The monoisotopic (exact) mass is 413 g/mol. The fourth-order valence-electron chi connectivity index (χ4n) is 3.74. The summed E-state index contributed by atoms with van der Waals surface area (Å²) in [5.74, 6) is 3.34. The molecule has 7 nitrogen and oxygen atoms in total. The standard InChI is InChI=1S/C21H24ClN5O2/c1-13(2)20-24-25-21-14(3)26(10-11-27(20)21)19(28)9-8-18-23-12-17(29-18)15-6-4-5-7-16(15)22/h4-7,12-14H,8-11H2,1-3H3/t14-/m0/s1. The van der Waals surface area contributed by atoms with Gasteiger partial charge in [-0.3, -0.25) is 4.79 Å². The maximum atomic E-state index is 12.8. The fourth-order valence-corrected chi connectivity index (χ4v) is 3.97. The van der Waals surface area contributed by atoms with E-state index < -0.39 is 0 Å². The molecule has 0 radical (unpaired) electrons. The molecular weight excluding hydrogens is 390 g/mol. The van der Waals surface area contributed by atoms with Gasteiger partial charge in [0.05, 0.1) is 17.3 Å². The van der Waals surface area contributed by atoms with Gasteiger partial charge in [-0.25, -0.2) is 4.98 Å². The van der Waals surface area contributed by atoms with Crippen molar-refractivity contribution in [2.24, 2.45) is 0 Å². The summed E-state index contributed by atoms with van der Waals surface area (Å²) >= 11 is 6.21. The van der Waals surface area contributed by atoms with Gasteiger partial charge in [0.2, 0.25) is 5.91 Å². The maximum Gasteiger partial charge on any atom is 0.223 e. The maximum absolute atomic E-state index is 12.8. The number of aromatic nitrogens is 4. The highest BCUT2D eigenvalue weighted by Gasteiger charge is 2.31. The normalized spacial score (nSPS) is 16.3. The van der Waals surface area contributed by atoms with E-state index in [4.69, 9.17) is 16.0 Å². The average molecular weight is 414 g/mol. The quantitative estimate of drug-likeness (QED) is 0.625. The lowest BCUT2D eigenvalue weighted by molar-refractivity contribution is -0.134. The van der Waals surface area contributed by atoms with Crippen LogP contribution in [0.2, 0.25) is 5.02 Å². The Kier molecular flexibility index (Phi) is 5.41. The van der Waals surface area contributed by atoms with E-state index in [1.165, 1.54) is 0 Å². The summed E-state index contributed by atoms with van der Waals surface area (Å²) in [6.45, 7) is 7.59. The molecule has 8 heteroatoms. The number of hydrogen-bond donors (Lipinski definition) is 0. The molecule has 0 bridgehead atoms. The summed E-state index contributed by atoms with van der Waals surface area (Å²) in [6.07, 6.45) is 2.43. The van der Waals surface area contributed by atoms with Crippen LogP contribution >= 0.6 is 11.6 Å². The summed E-state index contributed by atoms with van der Waals surface area (Å²) in [7, 11) is 0. The van der Waals surface area contributed by atoms with Crippen LogP contribution in [-0.2, 0) is 17.8 Å². The second-order valence-corrected chi connectivity index (χ2v) is 7.99. The number of halogens is 1. The van der Waals surface area contributed by atoms with Gasteiger partial charge in [0.1, 0.15) is 5.82 Å². The van der Waals surface area contributed by atoms with Crippen LogP contribution in [-0.4, -0.2) is 37.1 Å². The van der Waals surface area contributed by atoms with E-state index in [2.05, 4.69) is 33.6 Å². The van der Waals surface area contributed by atoms with Crippen LogP contribution in [0.25, 0.3) is 11.3 Å². The van der Waals surface area contributed by atoms with Crippen LogP contribution in [0.5, 0.6) is 0 Å². The van der Waals surface area contributed by atoms with E-state index in [1.807, 2.05) is 36.1 Å². The SMILES string of the molecule is CC(C)c1nnc2n1CCN(C(=O)CCc1ncc(-c3ccccc3Cl)o1)[C@H]2C. The van der Waals surface area contributed by atoms with E-state index in [-0.39, 0.29) is 11.9 Å². The first-order valence-electron chi connectivity index (χ1n) is 9.87. The number of fused-ring (bicyclic) bond motifs is 1. The first-order chi connectivity index (χ1) is 14.0. The molecule has 0 N–H and O–H groups in total. The number of nitrogens with zero attached hydrogens (tertiary/aromatic N) is 5. The first-order valence-corrected chi connectivity index (χ1v) is 10.3. The number of benzene rings is 1. The molecular formula is C21H24ClN5O2. The number of hydrogen-bond acceptors (Lipinski definition) is 5. The van der Waals surface area contributed by atoms with Gasteiger partial charge in [-0.15, -0.1) is 10.2 Å². The zero-order valence-electron chi connectivity index (χ0n) is 16.8. The molecule has 3 heterocycles. The molecule has 0 fully saturated rings. The van der Waals surface area contributed by atoms with Crippen LogP contribution in [0.15, 0.2) is 34.9 Å². The Labute approximate surface area is 174 Å². The summed E-state index contributed by atoms with van der Waals surface area (Å²) < 4.78 is 7.95. The number of carbonyl (C=O) groups is 1. The van der Waals surface area contributed by atoms with Gasteiger partial charge >= 0.3 is 0 Å². The lowest BCUT2D eigenvalue weighted by Gasteiger charge is -2.34. The number of rotatable bonds is 5. The molecule has 0 spiro atoms. The highest BCUT2D eigenvalue weighted by molar-refractivity contribution is 6.33. The zero-order chi connectivity index (χ0) is 20.5. The number of oxazole rings is 1. The smallest absolute Gasteiger partial charge is 0.223 e. The summed E-state index contributed by atoms with van der Waals surface area (Å²) in [4.78, 5) is 19.0. The second kappa shape index (κ2) is 7.99. The molecule has 1 aliphatic heterocycles. The molecule has 152 valence electrons. The Morgan fingerprint density at radius 2 is 2.07 bits per heavy atom. The van der Waals surface area contributed by atoms with E-state index >= 15 is 0 Å². The molecule has 0 unspecified atom stereocenters. The van der Waals surface area contributed by atoms with Crippen LogP contribution in [0.3, 0.4) is 0 Å². The Balaban J connectivity index is 1.41. The van der Waals surface area contributed by atoms with Crippen molar-refractivity contribution in [3.8, 4) is 11.3 Å². The van der Waals surface area contributed by atoms with Crippen molar-refractivity contribution in [2.75, 3.05) is 6.54 Å². The second-order valence-electron chi connectivity index (χ2n) is 7.58. The van der Waals surface area contributed by atoms with Crippen molar-refractivity contribution in [1.82, 2.24) is 24.6 Å². The molecule has 1 amide bonds. The van der Waals surface area contributed by atoms with Crippen molar-refractivity contribution in [2.45, 2.75) is 52.1 Å². The van der Waals surface area contributed by atoms with Gasteiger partial charge in [0.15, 0.2) is 17.5 Å². The van der Waals surface area contributed by atoms with Crippen molar-refractivity contribution >= 4 is 17.5 Å². The minimum Gasteiger partial charge on any atom is -0.441 e. The topological polar surface area (TPSA) is 77.1 Å². The molecule has 1 aromatic carbocycles. The molecule has 2 aromatic heterocycles. The van der Waals surface area contributed by atoms with Crippen molar-refractivity contribution in [1.29, 1.82) is 0 Å². The van der Waals surface area contributed by atoms with Gasteiger partial charge in [0, 0.05) is 37.4 Å². The van der Waals surface area contributed by atoms with Crippen molar-refractivity contribution in [3.63, 3.8) is 0 Å². The van der Waals surface area contributed by atoms with E-state index in [0.717, 1.165) is 23.8 Å². The molecule has 0 aliphatic carbocycles. The molecule has 4 rings (SSSR count). The highest BCUT2D eigenvalue weighted by atomic mass is 35.5. The van der Waals surface area contributed by atoms with Crippen LogP contribution in [0, 0.1) is 0 Å². The summed E-state index contributed by atoms with van der Waals surface area (Å²) in [6, 6.07) is 7.36.